The van der Waals surface area contributed by atoms with Crippen molar-refractivity contribution in [2.45, 2.75) is 38.0 Å². The van der Waals surface area contributed by atoms with Crippen molar-refractivity contribution in [2.75, 3.05) is 20.8 Å². The monoisotopic (exact) mass is 249 g/mol. The molecule has 1 aliphatic carbocycles. The smallest absolute Gasteiger partial charge is 0.169 e. The van der Waals surface area contributed by atoms with Crippen molar-refractivity contribution in [3.63, 3.8) is 0 Å². The number of benzene rings is 1. The third-order valence-electron chi connectivity index (χ3n) is 3.68. The molecule has 0 radical (unpaired) electrons. The predicted octanol–water partition coefficient (Wildman–Crippen LogP) is 2.66. The minimum atomic E-state index is -0.166. The highest BCUT2D eigenvalue weighted by Gasteiger charge is 2.18. The lowest BCUT2D eigenvalue weighted by molar-refractivity contribution is -0.1000. The first-order valence-corrected chi connectivity index (χ1v) is 6.72. The van der Waals surface area contributed by atoms with Gasteiger partial charge in [-0.3, -0.25) is 0 Å². The number of rotatable bonds is 5. The summed E-state index contributed by atoms with van der Waals surface area (Å²) in [7, 11) is 3.35. The molecule has 0 saturated carbocycles. The average Bonchev–Trinajstić information content (AvgIpc) is 2.62. The van der Waals surface area contributed by atoms with Crippen LogP contribution in [-0.2, 0) is 15.9 Å². The fourth-order valence-electron chi connectivity index (χ4n) is 2.63. The molecule has 1 atom stereocenters. The zero-order chi connectivity index (χ0) is 12.8. The van der Waals surface area contributed by atoms with Crippen molar-refractivity contribution >= 4 is 0 Å². The molecule has 2 rings (SSSR count). The highest BCUT2D eigenvalue weighted by molar-refractivity contribution is 5.31. The second-order valence-corrected chi connectivity index (χ2v) is 4.81. The van der Waals surface area contributed by atoms with Crippen LogP contribution in [0.2, 0.25) is 0 Å². The van der Waals surface area contributed by atoms with Gasteiger partial charge in [-0.05, 0) is 30.4 Å². The molecule has 0 bridgehead atoms. The van der Waals surface area contributed by atoms with E-state index < -0.39 is 0 Å². The highest BCUT2D eigenvalue weighted by Crippen LogP contribution is 2.28. The normalized spacial score (nSPS) is 19.6. The van der Waals surface area contributed by atoms with E-state index in [0.29, 0.717) is 6.04 Å². The summed E-state index contributed by atoms with van der Waals surface area (Å²) in [6.07, 6.45) is 4.79. The van der Waals surface area contributed by atoms with Crippen LogP contribution in [0.4, 0.5) is 0 Å². The summed E-state index contributed by atoms with van der Waals surface area (Å²) in [5.41, 5.74) is 2.93. The van der Waals surface area contributed by atoms with Crippen molar-refractivity contribution in [3.8, 4) is 0 Å². The van der Waals surface area contributed by atoms with E-state index in [9.17, 15) is 0 Å². The van der Waals surface area contributed by atoms with Gasteiger partial charge in [0.25, 0.3) is 0 Å². The maximum atomic E-state index is 5.23. The van der Waals surface area contributed by atoms with E-state index >= 15 is 0 Å². The molecular formula is C15H23NO2. The molecule has 3 heteroatoms. The molecule has 0 spiro atoms. The average molecular weight is 249 g/mol. The van der Waals surface area contributed by atoms with Gasteiger partial charge in [-0.2, -0.15) is 0 Å². The van der Waals surface area contributed by atoms with E-state index in [1.54, 1.807) is 14.2 Å². The van der Waals surface area contributed by atoms with E-state index in [1.807, 2.05) is 0 Å². The molecule has 0 fully saturated rings. The van der Waals surface area contributed by atoms with Gasteiger partial charge in [-0.15, -0.1) is 0 Å². The maximum absolute atomic E-state index is 5.23. The molecule has 3 nitrogen and oxygen atoms in total. The molecule has 0 saturated heterocycles. The minimum Gasteiger partial charge on any atom is -0.355 e. The van der Waals surface area contributed by atoms with Gasteiger partial charge in [0.15, 0.2) is 6.29 Å². The Morgan fingerprint density at radius 2 is 2.00 bits per heavy atom. The lowest BCUT2D eigenvalue weighted by Crippen LogP contribution is -2.32. The second-order valence-electron chi connectivity index (χ2n) is 4.81. The minimum absolute atomic E-state index is 0.166. The number of hydrogen-bond acceptors (Lipinski definition) is 3. The van der Waals surface area contributed by atoms with E-state index in [4.69, 9.17) is 9.47 Å². The Morgan fingerprint density at radius 1 is 1.22 bits per heavy atom. The fourth-order valence-corrected chi connectivity index (χ4v) is 2.63. The Balaban J connectivity index is 2.03. The molecule has 1 unspecified atom stereocenters. The summed E-state index contributed by atoms with van der Waals surface area (Å²) in [5, 5.41) is 3.57. The van der Waals surface area contributed by atoms with Crippen LogP contribution in [0.25, 0.3) is 0 Å². The zero-order valence-electron chi connectivity index (χ0n) is 11.3. The maximum Gasteiger partial charge on any atom is 0.169 e. The van der Waals surface area contributed by atoms with Gasteiger partial charge in [0.2, 0.25) is 0 Å². The van der Waals surface area contributed by atoms with E-state index in [-0.39, 0.29) is 6.29 Å². The molecule has 1 N–H and O–H groups in total. The fraction of sp³-hybridized carbons (Fsp3) is 0.600. The van der Waals surface area contributed by atoms with Crippen molar-refractivity contribution < 1.29 is 9.47 Å². The molecule has 0 aromatic heterocycles. The Labute approximate surface area is 109 Å². The lowest BCUT2D eigenvalue weighted by atomic mass is 9.99. The third-order valence-corrected chi connectivity index (χ3v) is 3.68. The largest absolute Gasteiger partial charge is 0.355 e. The van der Waals surface area contributed by atoms with Crippen molar-refractivity contribution in [1.82, 2.24) is 5.32 Å². The molecule has 1 aliphatic rings. The lowest BCUT2D eigenvalue weighted by Gasteiger charge is -2.22. The van der Waals surface area contributed by atoms with Crippen LogP contribution in [0, 0.1) is 0 Å². The summed E-state index contributed by atoms with van der Waals surface area (Å²) in [4.78, 5) is 0. The van der Waals surface area contributed by atoms with Gasteiger partial charge < -0.3 is 14.8 Å². The Kier molecular flexibility index (Phi) is 5.17. The van der Waals surface area contributed by atoms with Crippen molar-refractivity contribution in [2.24, 2.45) is 0 Å². The number of methoxy groups -OCH3 is 2. The predicted molar refractivity (Wildman–Crippen MR) is 72.5 cm³/mol. The summed E-state index contributed by atoms with van der Waals surface area (Å²) in [6, 6.07) is 9.18. The van der Waals surface area contributed by atoms with Crippen LogP contribution < -0.4 is 5.32 Å². The van der Waals surface area contributed by atoms with Crippen LogP contribution in [0.3, 0.4) is 0 Å². The first-order valence-electron chi connectivity index (χ1n) is 6.72. The molecule has 1 aromatic carbocycles. The van der Waals surface area contributed by atoms with Crippen LogP contribution in [0.15, 0.2) is 24.3 Å². The van der Waals surface area contributed by atoms with E-state index in [1.165, 1.54) is 36.8 Å². The number of aryl methyl sites for hydroxylation is 1. The van der Waals surface area contributed by atoms with Crippen LogP contribution in [-0.4, -0.2) is 27.1 Å². The standard InChI is InChI=1S/C15H23NO2/c1-17-15(18-2)11-16-14-10-6-4-8-12-7-3-5-9-13(12)14/h3,5,7,9,14-16H,4,6,8,10-11H2,1-2H3. The van der Waals surface area contributed by atoms with E-state index in [0.717, 1.165) is 6.54 Å². The second kappa shape index (κ2) is 6.88. The summed E-state index contributed by atoms with van der Waals surface area (Å²) < 4.78 is 10.5. The van der Waals surface area contributed by atoms with Gasteiger partial charge in [0.1, 0.15) is 0 Å². The third kappa shape index (κ3) is 3.31. The Bertz CT molecular complexity index is 363. The molecule has 100 valence electrons. The number of ether oxygens (including phenoxy) is 2. The molecule has 1 aromatic rings. The summed E-state index contributed by atoms with van der Waals surface area (Å²) in [6.45, 7) is 0.728. The number of fused-ring (bicyclic) bond motifs is 1. The molecule has 18 heavy (non-hydrogen) atoms. The molecular weight excluding hydrogens is 226 g/mol. The highest BCUT2D eigenvalue weighted by atomic mass is 16.7. The molecule has 0 aliphatic heterocycles. The summed E-state index contributed by atoms with van der Waals surface area (Å²) in [5.74, 6) is 0. The van der Waals surface area contributed by atoms with Gasteiger partial charge >= 0.3 is 0 Å². The molecule has 0 amide bonds. The van der Waals surface area contributed by atoms with E-state index in [2.05, 4.69) is 29.6 Å². The van der Waals surface area contributed by atoms with Crippen LogP contribution >= 0.6 is 0 Å². The van der Waals surface area contributed by atoms with Gasteiger partial charge in [0.05, 0.1) is 0 Å². The Morgan fingerprint density at radius 3 is 2.78 bits per heavy atom. The zero-order valence-corrected chi connectivity index (χ0v) is 11.3. The van der Waals surface area contributed by atoms with Gasteiger partial charge in [0, 0.05) is 26.8 Å². The first-order chi connectivity index (χ1) is 8.85. The molecule has 0 heterocycles. The van der Waals surface area contributed by atoms with Crippen LogP contribution in [0.1, 0.15) is 36.4 Å². The van der Waals surface area contributed by atoms with Crippen molar-refractivity contribution in [1.29, 1.82) is 0 Å². The van der Waals surface area contributed by atoms with Crippen LogP contribution in [0.5, 0.6) is 0 Å². The van der Waals surface area contributed by atoms with Gasteiger partial charge in [-0.1, -0.05) is 30.7 Å². The Hall–Kier alpha value is -0.900. The SMILES string of the molecule is COC(CNC1CCCCc2ccccc21)OC. The number of hydrogen-bond donors (Lipinski definition) is 1. The topological polar surface area (TPSA) is 30.5 Å². The summed E-state index contributed by atoms with van der Waals surface area (Å²) >= 11 is 0. The van der Waals surface area contributed by atoms with Crippen molar-refractivity contribution in [3.05, 3.63) is 35.4 Å². The first kappa shape index (κ1) is 13.5. The quantitative estimate of drug-likeness (QED) is 0.643. The van der Waals surface area contributed by atoms with Gasteiger partial charge in [-0.25, -0.2) is 0 Å². The number of nitrogens with one attached hydrogen (secondary N) is 1.